The molecule has 0 radical (unpaired) electrons. The van der Waals surface area contributed by atoms with Crippen LogP contribution in [0.1, 0.15) is 55.4 Å². The van der Waals surface area contributed by atoms with E-state index in [1.807, 2.05) is 0 Å². The Bertz CT molecular complexity index is 1530. The van der Waals surface area contributed by atoms with E-state index >= 15 is 0 Å². The molecule has 0 spiro atoms. The van der Waals surface area contributed by atoms with Crippen LogP contribution in [-0.2, 0) is 31.8 Å². The maximum atomic E-state index is 12.7. The quantitative estimate of drug-likeness (QED) is 0.138. The van der Waals surface area contributed by atoms with Gasteiger partial charge in [-0.25, -0.2) is 0 Å². The predicted molar refractivity (Wildman–Crippen MR) is 199 cm³/mol. The van der Waals surface area contributed by atoms with Crippen molar-refractivity contribution in [2.75, 3.05) is 0 Å². The fourth-order valence-corrected chi connectivity index (χ4v) is 15.2. The number of hydrogen-bond acceptors (Lipinski definition) is 2. The van der Waals surface area contributed by atoms with Gasteiger partial charge in [-0.2, -0.15) is 10.9 Å². The number of carbonyl (C=O) groups is 1. The van der Waals surface area contributed by atoms with Crippen molar-refractivity contribution in [3.05, 3.63) is 97.1 Å². The third-order valence-corrected chi connectivity index (χ3v) is 16.7. The Morgan fingerprint density at radius 1 is 0.545 bits per heavy atom. The van der Waals surface area contributed by atoms with Crippen molar-refractivity contribution in [2.24, 2.45) is 0 Å². The monoisotopic (exact) mass is 804 g/mol. The molecule has 0 aromatic heterocycles. The first-order chi connectivity index (χ1) is 20.6. The van der Waals surface area contributed by atoms with Crippen molar-refractivity contribution >= 4 is 78.8 Å². The smallest absolute Gasteiger partial charge is 0.679 e. The minimum Gasteiger partial charge on any atom is -0.679 e. The Labute approximate surface area is 284 Å². The molecule has 0 saturated carbocycles. The van der Waals surface area contributed by atoms with Crippen LogP contribution in [0, 0.1) is 0 Å². The van der Waals surface area contributed by atoms with Crippen LogP contribution in [0.3, 0.4) is 0 Å². The van der Waals surface area contributed by atoms with Gasteiger partial charge in [-0.05, 0) is 73.0 Å². The predicted octanol–water partition coefficient (Wildman–Crippen LogP) is 3.97. The molecule has 7 heteroatoms. The van der Waals surface area contributed by atoms with E-state index in [1.54, 1.807) is 0 Å². The Morgan fingerprint density at radius 2 is 0.909 bits per heavy atom. The normalized spacial score (nSPS) is 13.8. The molecular formula is C37H47AuB2O2P2+2. The van der Waals surface area contributed by atoms with Gasteiger partial charge in [0.25, 0.3) is 6.35 Å². The van der Waals surface area contributed by atoms with E-state index in [9.17, 15) is 4.79 Å². The summed E-state index contributed by atoms with van der Waals surface area (Å²) in [6.45, 7) is 19.7. The van der Waals surface area contributed by atoms with Gasteiger partial charge in [0.15, 0.2) is 0 Å². The van der Waals surface area contributed by atoms with E-state index in [4.69, 9.17) is 4.65 Å². The second-order valence-electron chi connectivity index (χ2n) is 13.4. The summed E-state index contributed by atoms with van der Waals surface area (Å²) < 4.78 is 6.60. The fraction of sp³-hybridized carbons (Fsp3) is 0.324. The summed E-state index contributed by atoms with van der Waals surface area (Å²) >= 11 is 0. The molecule has 44 heavy (non-hydrogen) atoms. The van der Waals surface area contributed by atoms with Crippen LogP contribution in [0.5, 0.6) is 0 Å². The zero-order chi connectivity index (χ0) is 30.9. The first-order valence-corrected chi connectivity index (χ1v) is 19.3. The molecule has 5 rings (SSSR count). The molecule has 0 saturated heterocycles. The Hall–Kier alpha value is -1.92. The Kier molecular flexibility index (Phi) is 11.6. The number of rotatable bonds is 10. The third kappa shape index (κ3) is 6.11. The minimum atomic E-state index is -2.00. The molecule has 1 aliphatic heterocycles. The van der Waals surface area contributed by atoms with Crippen LogP contribution in [0.4, 0.5) is 0 Å². The van der Waals surface area contributed by atoms with Crippen LogP contribution in [0.25, 0.3) is 0 Å². The van der Waals surface area contributed by atoms with Crippen molar-refractivity contribution in [3.63, 3.8) is 0 Å². The molecule has 1 heterocycles. The summed E-state index contributed by atoms with van der Waals surface area (Å²) in [4.78, 5) is 12.7. The van der Waals surface area contributed by atoms with E-state index in [0.29, 0.717) is 29.1 Å². The summed E-state index contributed by atoms with van der Waals surface area (Å²) in [5, 5.41) is 2.90. The average Bonchev–Trinajstić information content (AvgIpc) is 2.97. The van der Waals surface area contributed by atoms with E-state index in [0.717, 1.165) is 10.9 Å². The van der Waals surface area contributed by atoms with Gasteiger partial charge < -0.3 is 4.65 Å². The van der Waals surface area contributed by atoms with Crippen molar-refractivity contribution < 1.29 is 31.8 Å². The molecule has 232 valence electrons. The van der Waals surface area contributed by atoms with Crippen LogP contribution in [0.15, 0.2) is 97.1 Å². The van der Waals surface area contributed by atoms with Crippen molar-refractivity contribution in [1.82, 2.24) is 0 Å². The van der Waals surface area contributed by atoms with Gasteiger partial charge in [0.1, 0.15) is 0 Å². The summed E-state index contributed by atoms with van der Waals surface area (Å²) in [5.74, 6) is 0. The molecule has 1 aliphatic rings. The molecule has 4 aromatic carbocycles. The van der Waals surface area contributed by atoms with Gasteiger partial charge >= 0.3 is 22.4 Å². The summed E-state index contributed by atoms with van der Waals surface area (Å²) in [7, 11) is -1.81. The molecule has 4 aromatic rings. The van der Waals surface area contributed by atoms with Crippen LogP contribution >= 0.6 is 15.8 Å². The molecule has 0 aliphatic carbocycles. The molecule has 0 fully saturated rings. The van der Waals surface area contributed by atoms with Gasteiger partial charge in [0.05, 0.1) is 33.2 Å². The molecule has 0 unspecified atom stereocenters. The van der Waals surface area contributed by atoms with Crippen molar-refractivity contribution in [3.8, 4) is 0 Å². The Balaban J connectivity index is 0.00000442. The van der Waals surface area contributed by atoms with Crippen LogP contribution in [-0.4, -0.2) is 42.2 Å². The SMILES string of the molecule is CC(C)[PH+](c1ccccc1B1c2ccccc2[B-](OC=O)(c2ccccc2[PH+](C(C)C)C(C)C)c2ccccc21)C(C)C.[Au+]. The van der Waals surface area contributed by atoms with Gasteiger partial charge in [-0.15, -0.1) is 5.46 Å². The minimum absolute atomic E-state index is 0. The zero-order valence-corrected chi connectivity index (χ0v) is 31.6. The fourth-order valence-electron chi connectivity index (χ4n) is 8.30. The number of carbonyl (C=O) groups excluding carboxylic acids is 1. The van der Waals surface area contributed by atoms with Gasteiger partial charge in [0.2, 0.25) is 13.2 Å². The summed E-state index contributed by atoms with van der Waals surface area (Å²) in [5.41, 5.74) is 9.65. The summed E-state index contributed by atoms with van der Waals surface area (Å²) in [6, 6.07) is 35.6. The maximum absolute atomic E-state index is 12.7. The first kappa shape index (κ1) is 34.9. The largest absolute Gasteiger partial charge is 1.00 e. The van der Waals surface area contributed by atoms with E-state index in [1.165, 1.54) is 32.5 Å². The first-order valence-electron chi connectivity index (χ1n) is 16.0. The van der Waals surface area contributed by atoms with Crippen LogP contribution < -0.4 is 43.4 Å². The van der Waals surface area contributed by atoms with E-state index < -0.39 is 22.2 Å². The number of fused-ring (bicyclic) bond motifs is 2. The standard InChI is InChI=1S/C37H45B2O2P2.Au/c1-26(2)42(27(3)4)36-23-15-11-19-32(36)38-30-17-9-12-20-33(30)39(41-25-40,34-21-13-10-18-31(34)38)35-22-14-16-24-37(35)43(28(5)6)29(7)8;/h9-29H,1-8H3;/q-1;+1/p+2. The van der Waals surface area contributed by atoms with Crippen molar-refractivity contribution in [1.29, 1.82) is 0 Å². The second-order valence-corrected chi connectivity index (χ2v) is 20.9. The molecule has 0 N–H and O–H groups in total. The Morgan fingerprint density at radius 3 is 1.36 bits per heavy atom. The average molecular weight is 804 g/mol. The summed E-state index contributed by atoms with van der Waals surface area (Å²) in [6.07, 6.45) is -2.00. The molecule has 2 nitrogen and oxygen atoms in total. The van der Waals surface area contributed by atoms with Gasteiger partial charge in [-0.1, -0.05) is 95.9 Å². The molecular weight excluding hydrogens is 757 g/mol. The third-order valence-electron chi connectivity index (χ3n) is 9.53. The van der Waals surface area contributed by atoms with E-state index in [2.05, 4.69) is 152 Å². The second kappa shape index (κ2) is 14.7. The molecule has 0 amide bonds. The van der Waals surface area contributed by atoms with Gasteiger partial charge in [0, 0.05) is 15.8 Å². The van der Waals surface area contributed by atoms with E-state index in [-0.39, 0.29) is 29.1 Å². The van der Waals surface area contributed by atoms with Gasteiger partial charge in [-0.3, -0.25) is 4.79 Å². The number of hydrogen-bond donors (Lipinski definition) is 0. The number of benzene rings is 4. The zero-order valence-electron chi connectivity index (χ0n) is 27.4. The van der Waals surface area contributed by atoms with Crippen LogP contribution in [0.2, 0.25) is 0 Å². The van der Waals surface area contributed by atoms with Crippen molar-refractivity contribution in [2.45, 2.75) is 78.0 Å². The molecule has 0 atom stereocenters. The maximum Gasteiger partial charge on any atom is 1.00 e. The molecule has 0 bridgehead atoms. The topological polar surface area (TPSA) is 26.3 Å².